The van der Waals surface area contributed by atoms with Gasteiger partial charge in [0.25, 0.3) is 5.91 Å². The van der Waals surface area contributed by atoms with Crippen LogP contribution in [0.25, 0.3) is 10.9 Å². The molecule has 1 N–H and O–H groups in total. The number of aromatic nitrogens is 1. The number of carbonyl (C=O) groups excluding carboxylic acids is 1. The van der Waals surface area contributed by atoms with Crippen LogP contribution in [0, 0.1) is 6.92 Å². The number of H-pyrrole nitrogens is 1. The summed E-state index contributed by atoms with van der Waals surface area (Å²) in [6.07, 6.45) is 0.852. The van der Waals surface area contributed by atoms with Gasteiger partial charge in [0.15, 0.2) is 0 Å². The average Bonchev–Trinajstić information content (AvgIpc) is 2.80. The molecule has 122 valence electrons. The van der Waals surface area contributed by atoms with Crippen molar-refractivity contribution in [3.8, 4) is 5.75 Å². The quantitative estimate of drug-likeness (QED) is 0.783. The maximum absolute atomic E-state index is 12.9. The van der Waals surface area contributed by atoms with E-state index in [4.69, 9.17) is 4.74 Å². The third-order valence-corrected chi connectivity index (χ3v) is 4.86. The number of methoxy groups -OCH3 is 1. The molecule has 0 unspecified atom stereocenters. The minimum atomic E-state index is 0.0708. The number of ether oxygens (including phenoxy) is 1. The van der Waals surface area contributed by atoms with Crippen LogP contribution in [0.5, 0.6) is 5.75 Å². The van der Waals surface area contributed by atoms with Gasteiger partial charge in [0.05, 0.1) is 13.7 Å². The second kappa shape index (κ2) is 5.71. The highest BCUT2D eigenvalue weighted by Crippen LogP contribution is 2.35. The van der Waals surface area contributed by atoms with E-state index in [-0.39, 0.29) is 5.91 Å². The van der Waals surface area contributed by atoms with Gasteiger partial charge in [0, 0.05) is 34.3 Å². The molecule has 1 aromatic heterocycles. The standard InChI is InChI=1S/C20H20N2O2/c1-13-15-10-11-22(20(23)14-6-4-3-5-7-14)12-16-18(24-2)9-8-17(21-13)19(15)16/h3-9,21H,10-12H2,1-2H3. The number of amides is 1. The molecule has 1 amide bonds. The molecular weight excluding hydrogens is 300 g/mol. The van der Waals surface area contributed by atoms with Gasteiger partial charge in [-0.25, -0.2) is 0 Å². The van der Waals surface area contributed by atoms with E-state index in [1.54, 1.807) is 7.11 Å². The molecule has 0 aliphatic carbocycles. The number of nitrogens with one attached hydrogen (secondary N) is 1. The van der Waals surface area contributed by atoms with E-state index in [2.05, 4.69) is 18.0 Å². The molecule has 0 saturated heterocycles. The number of hydrogen-bond acceptors (Lipinski definition) is 2. The molecule has 0 radical (unpaired) electrons. The molecule has 4 rings (SSSR count). The van der Waals surface area contributed by atoms with Crippen molar-refractivity contribution in [2.24, 2.45) is 0 Å². The van der Waals surface area contributed by atoms with E-state index in [1.807, 2.05) is 41.3 Å². The molecule has 4 nitrogen and oxygen atoms in total. The molecule has 1 aliphatic rings. The Morgan fingerprint density at radius 3 is 2.67 bits per heavy atom. The Morgan fingerprint density at radius 2 is 1.92 bits per heavy atom. The summed E-state index contributed by atoms with van der Waals surface area (Å²) in [6, 6.07) is 13.5. The van der Waals surface area contributed by atoms with Crippen LogP contribution in [0.2, 0.25) is 0 Å². The Labute approximate surface area is 141 Å². The predicted octanol–water partition coefficient (Wildman–Crippen LogP) is 3.68. The molecule has 1 aliphatic heterocycles. The first-order chi connectivity index (χ1) is 11.7. The van der Waals surface area contributed by atoms with Crippen LogP contribution in [-0.2, 0) is 13.0 Å². The van der Waals surface area contributed by atoms with E-state index >= 15 is 0 Å². The second-order valence-electron chi connectivity index (χ2n) is 6.24. The lowest BCUT2D eigenvalue weighted by Gasteiger charge is -2.22. The lowest BCUT2D eigenvalue weighted by Crippen LogP contribution is -2.31. The van der Waals surface area contributed by atoms with Crippen LogP contribution in [-0.4, -0.2) is 29.4 Å². The van der Waals surface area contributed by atoms with Crippen molar-refractivity contribution >= 4 is 16.8 Å². The molecular formula is C20H20N2O2. The summed E-state index contributed by atoms with van der Waals surface area (Å²) in [7, 11) is 1.69. The van der Waals surface area contributed by atoms with Crippen LogP contribution in [0.4, 0.5) is 0 Å². The van der Waals surface area contributed by atoms with Gasteiger partial charge in [-0.05, 0) is 43.2 Å². The van der Waals surface area contributed by atoms with Gasteiger partial charge in [-0.15, -0.1) is 0 Å². The first-order valence-electron chi connectivity index (χ1n) is 8.20. The van der Waals surface area contributed by atoms with Gasteiger partial charge in [-0.2, -0.15) is 0 Å². The fraction of sp³-hybridized carbons (Fsp3) is 0.250. The minimum absolute atomic E-state index is 0.0708. The maximum atomic E-state index is 12.9. The number of hydrogen-bond donors (Lipinski definition) is 1. The van der Waals surface area contributed by atoms with E-state index in [1.165, 1.54) is 16.6 Å². The first kappa shape index (κ1) is 14.8. The zero-order chi connectivity index (χ0) is 16.7. The summed E-state index contributed by atoms with van der Waals surface area (Å²) >= 11 is 0. The smallest absolute Gasteiger partial charge is 0.254 e. The van der Waals surface area contributed by atoms with Crippen LogP contribution in [0.15, 0.2) is 42.5 Å². The molecule has 0 saturated carbocycles. The van der Waals surface area contributed by atoms with Crippen molar-refractivity contribution in [3.05, 3.63) is 64.8 Å². The Morgan fingerprint density at radius 1 is 1.12 bits per heavy atom. The lowest BCUT2D eigenvalue weighted by atomic mass is 10.0. The fourth-order valence-electron chi connectivity index (χ4n) is 3.66. The van der Waals surface area contributed by atoms with Crippen molar-refractivity contribution < 1.29 is 9.53 Å². The van der Waals surface area contributed by atoms with E-state index in [9.17, 15) is 4.79 Å². The van der Waals surface area contributed by atoms with Crippen LogP contribution in [0.1, 0.15) is 27.2 Å². The van der Waals surface area contributed by atoms with Crippen LogP contribution in [0.3, 0.4) is 0 Å². The molecule has 0 fully saturated rings. The van der Waals surface area contributed by atoms with Gasteiger partial charge in [-0.3, -0.25) is 4.79 Å². The molecule has 0 bridgehead atoms. The highest BCUT2D eigenvalue weighted by molar-refractivity contribution is 5.96. The molecule has 0 spiro atoms. The Bertz CT molecular complexity index is 912. The average molecular weight is 320 g/mol. The number of rotatable bonds is 2. The van der Waals surface area contributed by atoms with Crippen molar-refractivity contribution in [1.82, 2.24) is 9.88 Å². The molecule has 2 heterocycles. The van der Waals surface area contributed by atoms with E-state index in [0.717, 1.165) is 28.8 Å². The molecule has 3 aromatic rings. The zero-order valence-corrected chi connectivity index (χ0v) is 13.9. The zero-order valence-electron chi connectivity index (χ0n) is 13.9. The number of aromatic amines is 1. The molecule has 4 heteroatoms. The third kappa shape index (κ3) is 2.26. The van der Waals surface area contributed by atoms with Gasteiger partial charge in [0.2, 0.25) is 0 Å². The van der Waals surface area contributed by atoms with Crippen LogP contribution < -0.4 is 4.74 Å². The molecule has 24 heavy (non-hydrogen) atoms. The largest absolute Gasteiger partial charge is 0.496 e. The summed E-state index contributed by atoms with van der Waals surface area (Å²) in [5.74, 6) is 0.914. The normalized spacial score (nSPS) is 13.8. The molecule has 0 atom stereocenters. The topological polar surface area (TPSA) is 45.3 Å². The summed E-state index contributed by atoms with van der Waals surface area (Å²) < 4.78 is 5.58. The first-order valence-corrected chi connectivity index (χ1v) is 8.20. The van der Waals surface area contributed by atoms with E-state index in [0.29, 0.717) is 13.1 Å². The van der Waals surface area contributed by atoms with Gasteiger partial charge in [0.1, 0.15) is 5.75 Å². The Balaban J connectivity index is 1.80. The predicted molar refractivity (Wildman–Crippen MR) is 94.5 cm³/mol. The van der Waals surface area contributed by atoms with Gasteiger partial charge in [-0.1, -0.05) is 18.2 Å². The summed E-state index contributed by atoms with van der Waals surface area (Å²) in [6.45, 7) is 3.37. The number of nitrogens with zero attached hydrogens (tertiary/aromatic N) is 1. The minimum Gasteiger partial charge on any atom is -0.496 e. The van der Waals surface area contributed by atoms with Crippen LogP contribution >= 0.6 is 0 Å². The van der Waals surface area contributed by atoms with Gasteiger partial charge < -0.3 is 14.6 Å². The number of aryl methyl sites for hydroxylation is 1. The summed E-state index contributed by atoms with van der Waals surface area (Å²) in [5, 5.41) is 1.22. The van der Waals surface area contributed by atoms with E-state index < -0.39 is 0 Å². The number of benzene rings is 2. The molecule has 2 aromatic carbocycles. The van der Waals surface area contributed by atoms with Crippen molar-refractivity contribution in [3.63, 3.8) is 0 Å². The monoisotopic (exact) mass is 320 g/mol. The highest BCUT2D eigenvalue weighted by Gasteiger charge is 2.25. The Hall–Kier alpha value is -2.75. The maximum Gasteiger partial charge on any atom is 0.254 e. The van der Waals surface area contributed by atoms with Crippen molar-refractivity contribution in [2.75, 3.05) is 13.7 Å². The summed E-state index contributed by atoms with van der Waals surface area (Å²) in [5.41, 5.74) is 5.41. The fourth-order valence-corrected chi connectivity index (χ4v) is 3.66. The highest BCUT2D eigenvalue weighted by atomic mass is 16.5. The third-order valence-electron chi connectivity index (χ3n) is 4.86. The van der Waals surface area contributed by atoms with Gasteiger partial charge >= 0.3 is 0 Å². The Kier molecular flexibility index (Phi) is 3.53. The van der Waals surface area contributed by atoms with Crippen molar-refractivity contribution in [2.45, 2.75) is 19.9 Å². The number of carbonyl (C=O) groups is 1. The SMILES string of the molecule is COc1ccc2[nH]c(C)c3c2c1CN(C(=O)c1ccccc1)CC3. The lowest BCUT2D eigenvalue weighted by molar-refractivity contribution is 0.0747. The second-order valence-corrected chi connectivity index (χ2v) is 6.24. The summed E-state index contributed by atoms with van der Waals surface area (Å²) in [4.78, 5) is 18.3. The van der Waals surface area contributed by atoms with Crippen molar-refractivity contribution in [1.29, 1.82) is 0 Å².